The number of anilines is 2. The minimum Gasteiger partial charge on any atom is -0.354 e. The SMILES string of the molecule is CO[P+](=O)c1cc(Nc2ccc(C(F)(F)F)cc2Cl)c(C)cc1[N+](=O)[O-]. The van der Waals surface area contributed by atoms with Gasteiger partial charge in [-0.2, -0.15) is 13.2 Å². The summed E-state index contributed by atoms with van der Waals surface area (Å²) < 4.78 is 54.7. The maximum absolute atomic E-state index is 12.7. The number of nitrogens with zero attached hydrogens (tertiary/aromatic N) is 1. The molecule has 0 fully saturated rings. The van der Waals surface area contributed by atoms with Gasteiger partial charge in [-0.1, -0.05) is 11.6 Å². The van der Waals surface area contributed by atoms with Crippen LogP contribution in [-0.4, -0.2) is 12.0 Å². The van der Waals surface area contributed by atoms with Crippen LogP contribution in [0.1, 0.15) is 11.1 Å². The lowest BCUT2D eigenvalue weighted by Crippen LogP contribution is -2.09. The number of hydrogen-bond donors (Lipinski definition) is 1. The van der Waals surface area contributed by atoms with Crippen LogP contribution < -0.4 is 10.6 Å². The van der Waals surface area contributed by atoms with Crippen molar-refractivity contribution in [3.63, 3.8) is 0 Å². The molecule has 0 bridgehead atoms. The van der Waals surface area contributed by atoms with Crippen LogP contribution in [0.3, 0.4) is 0 Å². The Labute approximate surface area is 151 Å². The van der Waals surface area contributed by atoms with Crippen molar-refractivity contribution < 1.29 is 27.2 Å². The number of halogens is 4. The summed E-state index contributed by atoms with van der Waals surface area (Å²) in [7, 11) is -1.33. The summed E-state index contributed by atoms with van der Waals surface area (Å²) in [6, 6.07) is 5.21. The molecule has 6 nitrogen and oxygen atoms in total. The van der Waals surface area contributed by atoms with Gasteiger partial charge < -0.3 is 5.32 Å². The smallest absolute Gasteiger partial charge is 0.354 e. The summed E-state index contributed by atoms with van der Waals surface area (Å²) in [4.78, 5) is 10.4. The fraction of sp³-hybridized carbons (Fsp3) is 0.200. The maximum Gasteiger partial charge on any atom is 0.555 e. The molecule has 0 heterocycles. The van der Waals surface area contributed by atoms with Crippen LogP contribution in [0.2, 0.25) is 5.02 Å². The Balaban J connectivity index is 2.47. The van der Waals surface area contributed by atoms with Crippen molar-refractivity contribution in [3.05, 3.63) is 56.6 Å². The molecule has 0 radical (unpaired) electrons. The van der Waals surface area contributed by atoms with Crippen molar-refractivity contribution in [1.82, 2.24) is 0 Å². The van der Waals surface area contributed by atoms with Crippen molar-refractivity contribution >= 4 is 42.0 Å². The van der Waals surface area contributed by atoms with E-state index in [1.807, 2.05) is 0 Å². The number of aryl methyl sites for hydroxylation is 1. The fourth-order valence-electron chi connectivity index (χ4n) is 2.14. The minimum absolute atomic E-state index is 0.149. The number of nitro groups is 1. The molecule has 11 heteroatoms. The van der Waals surface area contributed by atoms with Crippen molar-refractivity contribution in [3.8, 4) is 0 Å². The molecule has 26 heavy (non-hydrogen) atoms. The van der Waals surface area contributed by atoms with Gasteiger partial charge in [-0.15, -0.1) is 4.52 Å². The third-order valence-corrected chi connectivity index (χ3v) is 4.84. The quantitative estimate of drug-likeness (QED) is 0.411. The Hall–Kier alpha value is -2.22. The summed E-state index contributed by atoms with van der Waals surface area (Å²) in [6.07, 6.45) is -4.53. The number of alkyl halides is 3. The Morgan fingerprint density at radius 3 is 2.38 bits per heavy atom. The molecule has 0 aliphatic heterocycles. The Bertz CT molecular complexity index is 890. The van der Waals surface area contributed by atoms with Gasteiger partial charge in [-0.25, -0.2) is 0 Å². The van der Waals surface area contributed by atoms with Gasteiger partial charge in [0.15, 0.2) is 0 Å². The standard InChI is InChI=1S/C15H12ClF3N2O4P/c1-8-5-13(21(22)23)14(26(24)25-2)7-12(8)20-11-4-3-9(6-10(11)16)15(17,18)19/h3-7,20H,1-2H3/q+1. The van der Waals surface area contributed by atoms with E-state index in [4.69, 9.17) is 11.6 Å². The molecule has 0 amide bonds. The average molecular weight is 408 g/mol. The monoisotopic (exact) mass is 407 g/mol. The third kappa shape index (κ3) is 4.30. The lowest BCUT2D eigenvalue weighted by Gasteiger charge is -2.13. The summed E-state index contributed by atoms with van der Waals surface area (Å²) in [6.45, 7) is 1.55. The second-order valence-electron chi connectivity index (χ2n) is 5.17. The second kappa shape index (κ2) is 7.57. The van der Waals surface area contributed by atoms with E-state index in [9.17, 15) is 27.9 Å². The molecule has 1 N–H and O–H groups in total. The number of benzene rings is 2. The highest BCUT2D eigenvalue weighted by atomic mass is 35.5. The zero-order chi connectivity index (χ0) is 19.6. The van der Waals surface area contributed by atoms with E-state index >= 15 is 0 Å². The Kier molecular flexibility index (Phi) is 5.85. The van der Waals surface area contributed by atoms with E-state index in [1.54, 1.807) is 6.92 Å². The molecule has 1 atom stereocenters. The highest BCUT2D eigenvalue weighted by molar-refractivity contribution is 7.48. The fourth-order valence-corrected chi connectivity index (χ4v) is 3.14. The first-order valence-corrected chi connectivity index (χ1v) is 8.54. The Morgan fingerprint density at radius 1 is 1.23 bits per heavy atom. The molecule has 0 aliphatic carbocycles. The van der Waals surface area contributed by atoms with Crippen LogP contribution >= 0.6 is 19.6 Å². The molecule has 0 saturated heterocycles. The van der Waals surface area contributed by atoms with E-state index in [0.717, 1.165) is 25.3 Å². The first-order chi connectivity index (χ1) is 12.0. The molecule has 138 valence electrons. The average Bonchev–Trinajstić information content (AvgIpc) is 2.56. The topological polar surface area (TPSA) is 81.5 Å². The van der Waals surface area contributed by atoms with Gasteiger partial charge in [0.1, 0.15) is 0 Å². The molecule has 0 aromatic heterocycles. The largest absolute Gasteiger partial charge is 0.555 e. The summed E-state index contributed by atoms with van der Waals surface area (Å²) in [5, 5.41) is 13.6. The summed E-state index contributed by atoms with van der Waals surface area (Å²) >= 11 is 5.90. The van der Waals surface area contributed by atoms with E-state index in [2.05, 4.69) is 9.84 Å². The molecule has 2 aromatic rings. The van der Waals surface area contributed by atoms with Crippen LogP contribution in [0, 0.1) is 17.0 Å². The van der Waals surface area contributed by atoms with Crippen molar-refractivity contribution in [2.45, 2.75) is 13.1 Å². The van der Waals surface area contributed by atoms with Crippen molar-refractivity contribution in [2.75, 3.05) is 12.4 Å². The van der Waals surface area contributed by atoms with Gasteiger partial charge in [-0.05, 0) is 35.3 Å². The van der Waals surface area contributed by atoms with Gasteiger partial charge in [0.2, 0.25) is 0 Å². The summed E-state index contributed by atoms with van der Waals surface area (Å²) in [5.74, 6) is 0. The highest BCUT2D eigenvalue weighted by Crippen LogP contribution is 2.36. The zero-order valence-electron chi connectivity index (χ0n) is 13.4. The number of nitrogens with one attached hydrogen (secondary N) is 1. The van der Waals surface area contributed by atoms with E-state index in [0.29, 0.717) is 11.3 Å². The van der Waals surface area contributed by atoms with Gasteiger partial charge >= 0.3 is 25.2 Å². The van der Waals surface area contributed by atoms with Gasteiger partial charge in [0, 0.05) is 17.8 Å². The van der Waals surface area contributed by atoms with Crippen LogP contribution in [0.25, 0.3) is 0 Å². The molecular formula is C15H12ClF3N2O4P+. The lowest BCUT2D eigenvalue weighted by atomic mass is 10.1. The molecule has 0 aliphatic rings. The number of rotatable bonds is 5. The zero-order valence-corrected chi connectivity index (χ0v) is 15.1. The van der Waals surface area contributed by atoms with Crippen molar-refractivity contribution in [2.24, 2.45) is 0 Å². The predicted octanol–water partition coefficient (Wildman–Crippen LogP) is 5.33. The minimum atomic E-state index is -4.53. The van der Waals surface area contributed by atoms with Crippen LogP contribution in [0.15, 0.2) is 30.3 Å². The third-order valence-electron chi connectivity index (χ3n) is 3.45. The van der Waals surface area contributed by atoms with Gasteiger partial charge in [0.25, 0.3) is 0 Å². The Morgan fingerprint density at radius 2 is 1.88 bits per heavy atom. The van der Waals surface area contributed by atoms with Crippen LogP contribution in [0.5, 0.6) is 0 Å². The molecule has 2 rings (SSSR count). The first kappa shape index (κ1) is 20.1. The van der Waals surface area contributed by atoms with E-state index in [-0.39, 0.29) is 21.7 Å². The molecule has 0 spiro atoms. The normalized spacial score (nSPS) is 12.0. The van der Waals surface area contributed by atoms with E-state index in [1.165, 1.54) is 12.1 Å². The maximum atomic E-state index is 12.7. The number of nitro benzene ring substituents is 1. The molecule has 0 saturated carbocycles. The highest BCUT2D eigenvalue weighted by Gasteiger charge is 2.34. The summed E-state index contributed by atoms with van der Waals surface area (Å²) in [5.41, 5.74) is -0.412. The molecule has 1 unspecified atom stereocenters. The van der Waals surface area contributed by atoms with Gasteiger partial charge in [0.05, 0.1) is 28.3 Å². The van der Waals surface area contributed by atoms with Gasteiger partial charge in [-0.3, -0.25) is 10.1 Å². The van der Waals surface area contributed by atoms with Crippen molar-refractivity contribution in [1.29, 1.82) is 0 Å². The lowest BCUT2D eigenvalue weighted by molar-refractivity contribution is -0.383. The molecular weight excluding hydrogens is 396 g/mol. The van der Waals surface area contributed by atoms with Crippen LogP contribution in [-0.2, 0) is 15.3 Å². The van der Waals surface area contributed by atoms with E-state index < -0.39 is 24.7 Å². The number of hydrogen-bond acceptors (Lipinski definition) is 5. The second-order valence-corrected chi connectivity index (χ2v) is 6.94. The molecule has 2 aromatic carbocycles. The first-order valence-electron chi connectivity index (χ1n) is 6.98. The predicted molar refractivity (Wildman–Crippen MR) is 91.8 cm³/mol. The van der Waals surface area contributed by atoms with Crippen LogP contribution in [0.4, 0.5) is 30.2 Å².